The van der Waals surface area contributed by atoms with Crippen molar-refractivity contribution in [2.24, 2.45) is 11.7 Å². The molecule has 2 N–H and O–H groups in total. The summed E-state index contributed by atoms with van der Waals surface area (Å²) in [6, 6.07) is 8.17. The van der Waals surface area contributed by atoms with Crippen molar-refractivity contribution in [3.8, 4) is 0 Å². The van der Waals surface area contributed by atoms with Gasteiger partial charge in [0.25, 0.3) is 0 Å². The molecular weight excluding hydrogens is 270 g/mol. The number of halogens is 1. The van der Waals surface area contributed by atoms with E-state index in [-0.39, 0.29) is 5.54 Å². The molecule has 0 saturated carbocycles. The van der Waals surface area contributed by atoms with Crippen LogP contribution in [-0.4, -0.2) is 48.6 Å². The molecule has 1 atom stereocenters. The van der Waals surface area contributed by atoms with Gasteiger partial charge < -0.3 is 10.6 Å². The van der Waals surface area contributed by atoms with E-state index in [9.17, 15) is 0 Å². The Morgan fingerprint density at radius 2 is 1.95 bits per heavy atom. The molecule has 4 heteroatoms. The second-order valence-electron chi connectivity index (χ2n) is 6.34. The van der Waals surface area contributed by atoms with E-state index in [1.54, 1.807) is 0 Å². The van der Waals surface area contributed by atoms with Gasteiger partial charge in [-0.15, -0.1) is 0 Å². The molecule has 0 spiro atoms. The van der Waals surface area contributed by atoms with E-state index in [4.69, 9.17) is 17.3 Å². The Hall–Kier alpha value is -0.610. The van der Waals surface area contributed by atoms with Crippen LogP contribution in [0.1, 0.15) is 18.4 Å². The summed E-state index contributed by atoms with van der Waals surface area (Å²) in [4.78, 5) is 5.05. The lowest BCUT2D eigenvalue weighted by Gasteiger charge is -2.57. The number of fused-ring (bicyclic) bond motifs is 3. The van der Waals surface area contributed by atoms with Gasteiger partial charge in [-0.05, 0) is 56.6 Å². The van der Waals surface area contributed by atoms with Crippen LogP contribution < -0.4 is 5.73 Å². The maximum Gasteiger partial charge on any atom is 0.0487 e. The largest absolute Gasteiger partial charge is 0.329 e. The van der Waals surface area contributed by atoms with Crippen molar-refractivity contribution in [3.05, 3.63) is 34.9 Å². The monoisotopic (exact) mass is 293 g/mol. The van der Waals surface area contributed by atoms with Crippen molar-refractivity contribution in [3.63, 3.8) is 0 Å². The van der Waals surface area contributed by atoms with Crippen LogP contribution in [0.2, 0.25) is 5.02 Å². The first-order valence-corrected chi connectivity index (χ1v) is 7.90. The molecule has 0 aromatic heterocycles. The number of likely N-dealkylation sites (N-methyl/N-ethyl adjacent to an activating group) is 1. The van der Waals surface area contributed by atoms with Crippen LogP contribution in [0, 0.1) is 5.92 Å². The molecule has 1 aromatic rings. The van der Waals surface area contributed by atoms with Gasteiger partial charge in [-0.1, -0.05) is 23.7 Å². The highest BCUT2D eigenvalue weighted by molar-refractivity contribution is 6.30. The van der Waals surface area contributed by atoms with Gasteiger partial charge in [-0.2, -0.15) is 0 Å². The summed E-state index contributed by atoms with van der Waals surface area (Å²) >= 11 is 5.96. The quantitative estimate of drug-likeness (QED) is 0.924. The average Bonchev–Trinajstić information content (AvgIpc) is 2.50. The summed E-state index contributed by atoms with van der Waals surface area (Å²) < 4.78 is 0. The van der Waals surface area contributed by atoms with E-state index in [1.807, 2.05) is 12.1 Å². The molecule has 20 heavy (non-hydrogen) atoms. The van der Waals surface area contributed by atoms with Crippen LogP contribution in [0.25, 0.3) is 0 Å². The van der Waals surface area contributed by atoms with Crippen molar-refractivity contribution >= 4 is 11.6 Å². The Morgan fingerprint density at radius 3 is 2.45 bits per heavy atom. The number of rotatable bonds is 4. The maximum absolute atomic E-state index is 6.21. The topological polar surface area (TPSA) is 32.5 Å². The van der Waals surface area contributed by atoms with Crippen molar-refractivity contribution in [1.82, 2.24) is 9.80 Å². The van der Waals surface area contributed by atoms with E-state index in [1.165, 1.54) is 31.5 Å². The van der Waals surface area contributed by atoms with Crippen LogP contribution in [0.4, 0.5) is 0 Å². The molecule has 3 aliphatic heterocycles. The second kappa shape index (κ2) is 5.64. The number of nitrogens with two attached hydrogens (primary N) is 1. The summed E-state index contributed by atoms with van der Waals surface area (Å²) in [5.74, 6) is 0.745. The second-order valence-corrected chi connectivity index (χ2v) is 6.78. The van der Waals surface area contributed by atoms with Crippen molar-refractivity contribution in [2.75, 3.05) is 33.2 Å². The Morgan fingerprint density at radius 1 is 1.30 bits per heavy atom. The van der Waals surface area contributed by atoms with Gasteiger partial charge in [0.2, 0.25) is 0 Å². The van der Waals surface area contributed by atoms with Gasteiger partial charge >= 0.3 is 0 Å². The van der Waals surface area contributed by atoms with Crippen LogP contribution in [0.15, 0.2) is 24.3 Å². The Labute approximate surface area is 126 Å². The molecule has 4 rings (SSSR count). The minimum absolute atomic E-state index is 0.149. The van der Waals surface area contributed by atoms with Gasteiger partial charge in [-0.3, -0.25) is 4.90 Å². The van der Waals surface area contributed by atoms with E-state index >= 15 is 0 Å². The molecule has 3 nitrogen and oxygen atoms in total. The molecule has 3 heterocycles. The number of benzene rings is 1. The van der Waals surface area contributed by atoms with Gasteiger partial charge in [0.15, 0.2) is 0 Å². The Kier molecular flexibility index (Phi) is 4.04. The summed E-state index contributed by atoms with van der Waals surface area (Å²) in [6.45, 7) is 5.32. The molecule has 110 valence electrons. The van der Waals surface area contributed by atoms with E-state index in [0.29, 0.717) is 0 Å². The fourth-order valence-electron chi connectivity index (χ4n) is 3.99. The molecule has 1 aromatic carbocycles. The first-order valence-electron chi connectivity index (χ1n) is 7.52. The van der Waals surface area contributed by atoms with E-state index in [2.05, 4.69) is 29.0 Å². The summed E-state index contributed by atoms with van der Waals surface area (Å²) in [7, 11) is 2.23. The third kappa shape index (κ3) is 2.48. The van der Waals surface area contributed by atoms with Crippen molar-refractivity contribution in [2.45, 2.75) is 24.9 Å². The van der Waals surface area contributed by atoms with Gasteiger partial charge in [-0.25, -0.2) is 0 Å². The first-order chi connectivity index (χ1) is 9.64. The van der Waals surface area contributed by atoms with E-state index in [0.717, 1.165) is 30.6 Å². The number of nitrogens with zero attached hydrogens (tertiary/aromatic N) is 2. The minimum Gasteiger partial charge on any atom is -0.329 e. The predicted octanol–water partition coefficient (Wildman–Crippen LogP) is 2.19. The van der Waals surface area contributed by atoms with E-state index < -0.39 is 0 Å². The molecule has 3 fully saturated rings. The molecule has 3 saturated heterocycles. The zero-order valence-corrected chi connectivity index (χ0v) is 12.9. The molecule has 1 unspecified atom stereocenters. The number of piperidine rings is 3. The lowest BCUT2D eigenvalue weighted by Crippen LogP contribution is -2.69. The van der Waals surface area contributed by atoms with Crippen LogP contribution in [-0.2, 0) is 6.54 Å². The molecule has 0 amide bonds. The van der Waals surface area contributed by atoms with Gasteiger partial charge in [0.1, 0.15) is 0 Å². The lowest BCUT2D eigenvalue weighted by atomic mass is 9.71. The standard InChI is InChI=1S/C16H24ClN3/c1-19(10-13-2-4-15(17)5-3-13)16(11-18)12-20-8-6-14(16)7-9-20/h2-5,14H,6-12,18H2,1H3. The predicted molar refractivity (Wildman–Crippen MR) is 83.9 cm³/mol. The highest BCUT2D eigenvalue weighted by Crippen LogP contribution is 2.39. The fourth-order valence-corrected chi connectivity index (χ4v) is 4.11. The molecule has 2 bridgehead atoms. The SMILES string of the molecule is CN(Cc1ccc(Cl)cc1)C1(CN)CN2CCC1CC2. The van der Waals surface area contributed by atoms with Gasteiger partial charge in [0, 0.05) is 30.2 Å². The van der Waals surface area contributed by atoms with Crippen molar-refractivity contribution < 1.29 is 0 Å². The lowest BCUT2D eigenvalue weighted by molar-refractivity contribution is -0.0596. The molecule has 0 aliphatic carbocycles. The zero-order chi connectivity index (χ0) is 14.2. The number of hydrogen-bond acceptors (Lipinski definition) is 3. The first kappa shape index (κ1) is 14.3. The minimum atomic E-state index is 0.149. The average molecular weight is 294 g/mol. The van der Waals surface area contributed by atoms with Crippen LogP contribution in [0.3, 0.4) is 0 Å². The summed E-state index contributed by atoms with van der Waals surface area (Å²) in [5, 5.41) is 0.799. The summed E-state index contributed by atoms with van der Waals surface area (Å²) in [6.07, 6.45) is 2.59. The molecule has 3 aliphatic rings. The smallest absolute Gasteiger partial charge is 0.0487 e. The zero-order valence-electron chi connectivity index (χ0n) is 12.2. The molecule has 0 radical (unpaired) electrons. The normalized spacial score (nSPS) is 32.8. The maximum atomic E-state index is 6.21. The van der Waals surface area contributed by atoms with Crippen molar-refractivity contribution in [1.29, 1.82) is 0 Å². The highest BCUT2D eigenvalue weighted by atomic mass is 35.5. The third-order valence-corrected chi connectivity index (χ3v) is 5.54. The fraction of sp³-hybridized carbons (Fsp3) is 0.625. The Bertz CT molecular complexity index is 453. The van der Waals surface area contributed by atoms with Gasteiger partial charge in [0.05, 0.1) is 0 Å². The summed E-state index contributed by atoms with van der Waals surface area (Å²) in [5.41, 5.74) is 7.67. The van der Waals surface area contributed by atoms with Crippen LogP contribution in [0.5, 0.6) is 0 Å². The number of hydrogen-bond donors (Lipinski definition) is 1. The Balaban J connectivity index is 1.77. The van der Waals surface area contributed by atoms with Crippen LogP contribution >= 0.6 is 11.6 Å². The highest BCUT2D eigenvalue weighted by Gasteiger charge is 2.48. The third-order valence-electron chi connectivity index (χ3n) is 5.29. The molecular formula is C16H24ClN3.